The minimum absolute atomic E-state index is 0.0187. The number of ether oxygens (including phenoxy) is 2. The van der Waals surface area contributed by atoms with Crippen LogP contribution in [0.25, 0.3) is 0 Å². The van der Waals surface area contributed by atoms with Crippen molar-refractivity contribution in [2.24, 2.45) is 0 Å². The first kappa shape index (κ1) is 19.7. The molecule has 5 heteroatoms. The van der Waals surface area contributed by atoms with E-state index in [0.717, 1.165) is 19.4 Å². The molecule has 1 aromatic rings. The van der Waals surface area contributed by atoms with Crippen molar-refractivity contribution in [1.29, 1.82) is 0 Å². The molecule has 140 valence electrons. The highest BCUT2D eigenvalue weighted by atomic mass is 16.5. The predicted molar refractivity (Wildman–Crippen MR) is 99.5 cm³/mol. The molecule has 1 aliphatic heterocycles. The second kappa shape index (κ2) is 8.19. The summed E-state index contributed by atoms with van der Waals surface area (Å²) in [5, 5.41) is 2.48. The Hall–Kier alpha value is -1.59. The maximum absolute atomic E-state index is 11.3. The van der Waals surface area contributed by atoms with E-state index in [-0.39, 0.29) is 23.3 Å². The molecule has 1 aliphatic rings. The number of piperidine rings is 1. The summed E-state index contributed by atoms with van der Waals surface area (Å²) in [7, 11) is 1.58. The Morgan fingerprint density at radius 1 is 1.16 bits per heavy atom. The van der Waals surface area contributed by atoms with Crippen LogP contribution in [0.5, 0.6) is 0 Å². The van der Waals surface area contributed by atoms with Crippen LogP contribution in [0.15, 0.2) is 30.3 Å². The van der Waals surface area contributed by atoms with E-state index in [0.29, 0.717) is 13.2 Å². The van der Waals surface area contributed by atoms with E-state index in [9.17, 15) is 4.79 Å². The maximum atomic E-state index is 11.3. The van der Waals surface area contributed by atoms with Crippen LogP contribution < -0.4 is 5.32 Å². The number of nitrogens with one attached hydrogen (secondary N) is 1. The Balaban J connectivity index is 1.94. The zero-order valence-electron chi connectivity index (χ0n) is 16.2. The maximum Gasteiger partial charge on any atom is 0.406 e. The minimum Gasteiger partial charge on any atom is -0.448 e. The number of benzene rings is 1. The zero-order valence-corrected chi connectivity index (χ0v) is 16.2. The average molecular weight is 348 g/mol. The Morgan fingerprint density at radius 2 is 1.76 bits per heavy atom. The molecule has 5 nitrogen and oxygen atoms in total. The van der Waals surface area contributed by atoms with Gasteiger partial charge in [-0.3, -0.25) is 4.90 Å². The number of likely N-dealkylation sites (tertiary alicyclic amines) is 1. The average Bonchev–Trinajstić information content (AvgIpc) is 2.55. The van der Waals surface area contributed by atoms with Crippen LogP contribution in [0.2, 0.25) is 0 Å². The Kier molecular flexibility index (Phi) is 6.47. The molecule has 1 N–H and O–H groups in total. The summed E-state index contributed by atoms with van der Waals surface area (Å²) in [4.78, 5) is 13.7. The topological polar surface area (TPSA) is 50.8 Å². The largest absolute Gasteiger partial charge is 0.448 e. The molecule has 0 spiro atoms. The molecule has 1 saturated heterocycles. The lowest BCUT2D eigenvalue weighted by atomic mass is 9.78. The van der Waals surface area contributed by atoms with Gasteiger partial charge in [0.1, 0.15) is 6.61 Å². The molecule has 1 fully saturated rings. The fourth-order valence-corrected chi connectivity index (χ4v) is 4.04. The monoisotopic (exact) mass is 348 g/mol. The van der Waals surface area contributed by atoms with E-state index >= 15 is 0 Å². The van der Waals surface area contributed by atoms with Crippen molar-refractivity contribution in [3.05, 3.63) is 35.9 Å². The van der Waals surface area contributed by atoms with Crippen LogP contribution in [0, 0.1) is 0 Å². The molecule has 0 bridgehead atoms. The van der Waals surface area contributed by atoms with Crippen molar-refractivity contribution < 1.29 is 14.3 Å². The van der Waals surface area contributed by atoms with Crippen molar-refractivity contribution in [3.8, 4) is 0 Å². The van der Waals surface area contributed by atoms with Gasteiger partial charge in [0.15, 0.2) is 0 Å². The lowest BCUT2D eigenvalue weighted by Gasteiger charge is -2.55. The van der Waals surface area contributed by atoms with Gasteiger partial charge in [-0.05, 0) is 46.1 Å². The van der Waals surface area contributed by atoms with Crippen molar-refractivity contribution in [3.63, 3.8) is 0 Å². The third kappa shape index (κ3) is 5.44. The summed E-state index contributed by atoms with van der Waals surface area (Å²) in [5.74, 6) is 0. The zero-order chi connectivity index (χ0) is 18.5. The summed E-state index contributed by atoms with van der Waals surface area (Å²) < 4.78 is 11.4. The molecular formula is C20H32N2O3. The number of hydrogen-bond acceptors (Lipinski definition) is 4. The summed E-state index contributed by atoms with van der Waals surface area (Å²) >= 11 is 0. The molecule has 1 heterocycles. The standard InChI is InChI=1S/C20H32N2O3/c1-19(2)13-17(25-15-16-9-7-6-8-10-16)14-20(3,4)22(19)11-12-24-18(23)21-5/h6-10,17H,11-15H2,1-5H3,(H,21,23). The smallest absolute Gasteiger partial charge is 0.406 e. The number of alkyl carbamates (subject to hydrolysis) is 1. The van der Waals surface area contributed by atoms with Gasteiger partial charge in [0.05, 0.1) is 12.7 Å². The quantitative estimate of drug-likeness (QED) is 0.854. The van der Waals surface area contributed by atoms with Gasteiger partial charge in [-0.1, -0.05) is 30.3 Å². The first-order chi connectivity index (χ1) is 11.7. The first-order valence-corrected chi connectivity index (χ1v) is 9.02. The lowest BCUT2D eigenvalue weighted by molar-refractivity contribution is -0.112. The minimum atomic E-state index is -0.378. The highest BCUT2D eigenvalue weighted by molar-refractivity contribution is 5.66. The Labute approximate surface area is 151 Å². The molecule has 0 atom stereocenters. The molecule has 0 radical (unpaired) electrons. The van der Waals surface area contributed by atoms with Gasteiger partial charge in [-0.25, -0.2) is 4.79 Å². The van der Waals surface area contributed by atoms with Gasteiger partial charge in [0.2, 0.25) is 0 Å². The highest BCUT2D eigenvalue weighted by Crippen LogP contribution is 2.39. The number of nitrogens with zero attached hydrogens (tertiary/aromatic N) is 1. The van der Waals surface area contributed by atoms with E-state index in [2.05, 4.69) is 50.0 Å². The summed E-state index contributed by atoms with van der Waals surface area (Å²) in [6.45, 7) is 10.7. The van der Waals surface area contributed by atoms with E-state index in [1.54, 1.807) is 7.05 Å². The van der Waals surface area contributed by atoms with Gasteiger partial charge in [0, 0.05) is 24.7 Å². The van der Waals surface area contributed by atoms with Crippen molar-refractivity contribution >= 4 is 6.09 Å². The number of hydrogen-bond donors (Lipinski definition) is 1. The van der Waals surface area contributed by atoms with Gasteiger partial charge >= 0.3 is 6.09 Å². The molecular weight excluding hydrogens is 316 g/mol. The van der Waals surface area contributed by atoms with E-state index in [4.69, 9.17) is 9.47 Å². The Bertz CT molecular complexity index is 539. The van der Waals surface area contributed by atoms with Crippen molar-refractivity contribution in [2.45, 2.75) is 64.3 Å². The van der Waals surface area contributed by atoms with Crippen LogP contribution >= 0.6 is 0 Å². The molecule has 2 rings (SSSR count). The predicted octanol–water partition coefficient (Wildman–Crippen LogP) is 3.58. The second-order valence-electron chi connectivity index (χ2n) is 7.99. The molecule has 0 saturated carbocycles. The third-order valence-electron chi connectivity index (χ3n) is 5.00. The fraction of sp³-hybridized carbons (Fsp3) is 0.650. The number of carbonyl (C=O) groups is 1. The molecule has 25 heavy (non-hydrogen) atoms. The van der Waals surface area contributed by atoms with Gasteiger partial charge in [-0.2, -0.15) is 0 Å². The summed E-state index contributed by atoms with van der Waals surface area (Å²) in [5.41, 5.74) is 1.17. The van der Waals surface area contributed by atoms with Crippen LogP contribution in [0.3, 0.4) is 0 Å². The lowest BCUT2D eigenvalue weighted by Crippen LogP contribution is -2.62. The summed E-state index contributed by atoms with van der Waals surface area (Å²) in [6.07, 6.45) is 1.77. The number of carbonyl (C=O) groups excluding carboxylic acids is 1. The van der Waals surface area contributed by atoms with Gasteiger partial charge in [-0.15, -0.1) is 0 Å². The number of amides is 1. The molecule has 1 aromatic carbocycles. The summed E-state index contributed by atoms with van der Waals surface area (Å²) in [6, 6.07) is 10.3. The van der Waals surface area contributed by atoms with Crippen LogP contribution in [-0.2, 0) is 16.1 Å². The van der Waals surface area contributed by atoms with Gasteiger partial charge < -0.3 is 14.8 Å². The molecule has 0 aliphatic carbocycles. The molecule has 1 amide bonds. The van der Waals surface area contributed by atoms with Crippen molar-refractivity contribution in [2.75, 3.05) is 20.2 Å². The van der Waals surface area contributed by atoms with E-state index in [1.165, 1.54) is 5.56 Å². The van der Waals surface area contributed by atoms with Crippen LogP contribution in [0.4, 0.5) is 4.79 Å². The second-order valence-corrected chi connectivity index (χ2v) is 7.99. The van der Waals surface area contributed by atoms with E-state index < -0.39 is 0 Å². The molecule has 0 unspecified atom stereocenters. The SMILES string of the molecule is CNC(=O)OCCN1C(C)(C)CC(OCc2ccccc2)CC1(C)C. The Morgan fingerprint density at radius 3 is 2.32 bits per heavy atom. The highest BCUT2D eigenvalue weighted by Gasteiger charge is 2.45. The third-order valence-corrected chi connectivity index (χ3v) is 5.00. The van der Waals surface area contributed by atoms with E-state index in [1.807, 2.05) is 18.2 Å². The normalized spacial score (nSPS) is 20.2. The van der Waals surface area contributed by atoms with Gasteiger partial charge in [0.25, 0.3) is 0 Å². The van der Waals surface area contributed by atoms with Crippen molar-refractivity contribution in [1.82, 2.24) is 10.2 Å². The first-order valence-electron chi connectivity index (χ1n) is 9.02. The van der Waals surface area contributed by atoms with Crippen LogP contribution in [0.1, 0.15) is 46.1 Å². The molecule has 0 aromatic heterocycles. The van der Waals surface area contributed by atoms with Crippen LogP contribution in [-0.4, -0.2) is 48.4 Å². The fourth-order valence-electron chi connectivity index (χ4n) is 4.04. The number of rotatable bonds is 6.